The molecular formula is C50H88N8O4. The van der Waals surface area contributed by atoms with Crippen LogP contribution in [-0.2, 0) is 0 Å². The normalized spacial score (nSPS) is 12.7. The third kappa shape index (κ3) is 24.2. The number of carbonyl (C=O) groups is 4. The number of urea groups is 4. The number of hydrogen-bond donors (Lipinski definition) is 8. The van der Waals surface area contributed by atoms with E-state index in [4.69, 9.17) is 0 Å². The number of benzene rings is 2. The predicted octanol–water partition coefficient (Wildman–Crippen LogP) is 13.3. The summed E-state index contributed by atoms with van der Waals surface area (Å²) in [5, 5.41) is 23.6. The van der Waals surface area contributed by atoms with Gasteiger partial charge in [-0.15, -0.1) is 0 Å². The highest BCUT2D eigenvalue weighted by Crippen LogP contribution is 2.24. The van der Waals surface area contributed by atoms with Gasteiger partial charge in [0.25, 0.3) is 0 Å². The third-order valence-corrected chi connectivity index (χ3v) is 12.0. The summed E-state index contributed by atoms with van der Waals surface area (Å²) in [7, 11) is 0. The first-order chi connectivity index (χ1) is 29.9. The van der Waals surface area contributed by atoms with Crippen LogP contribution in [0.5, 0.6) is 0 Å². The molecule has 2 aromatic rings. The molecule has 8 amide bonds. The summed E-state index contributed by atoms with van der Waals surface area (Å²) in [6.07, 6.45) is 18.2. The first kappa shape index (κ1) is 55.5. The maximum atomic E-state index is 12.4. The van der Waals surface area contributed by atoms with Crippen molar-refractivity contribution >= 4 is 46.9 Å². The molecule has 0 aliphatic carbocycles. The fraction of sp³-hybridized carbons (Fsp3) is 0.680. The molecule has 62 heavy (non-hydrogen) atoms. The number of anilines is 4. The van der Waals surface area contributed by atoms with Crippen molar-refractivity contribution in [3.63, 3.8) is 0 Å². The number of hydrogen-bond acceptors (Lipinski definition) is 4. The molecule has 0 aliphatic rings. The topological polar surface area (TPSA) is 165 Å². The molecule has 0 fully saturated rings. The van der Waals surface area contributed by atoms with Crippen molar-refractivity contribution < 1.29 is 19.2 Å². The first-order valence-corrected chi connectivity index (χ1v) is 24.3. The lowest BCUT2D eigenvalue weighted by Crippen LogP contribution is -2.34. The predicted molar refractivity (Wildman–Crippen MR) is 264 cm³/mol. The second-order valence-corrected chi connectivity index (χ2v) is 17.0. The van der Waals surface area contributed by atoms with Crippen molar-refractivity contribution in [2.45, 2.75) is 172 Å². The average molecular weight is 865 g/mol. The molecule has 4 unspecified atom stereocenters. The van der Waals surface area contributed by atoms with Gasteiger partial charge in [-0.2, -0.15) is 0 Å². The summed E-state index contributed by atoms with van der Waals surface area (Å²) in [6.45, 7) is 24.0. The Kier molecular flexibility index (Phi) is 30.5. The summed E-state index contributed by atoms with van der Waals surface area (Å²) in [4.78, 5) is 49.4. The van der Waals surface area contributed by atoms with Gasteiger partial charge in [-0.25, -0.2) is 19.2 Å². The van der Waals surface area contributed by atoms with Crippen molar-refractivity contribution in [2.75, 3.05) is 47.4 Å². The molecule has 0 radical (unpaired) electrons. The molecule has 0 saturated carbocycles. The molecule has 12 nitrogen and oxygen atoms in total. The van der Waals surface area contributed by atoms with Gasteiger partial charge in [0.05, 0.1) is 0 Å². The summed E-state index contributed by atoms with van der Waals surface area (Å²) in [5.41, 5.74) is 4.55. The van der Waals surface area contributed by atoms with Crippen LogP contribution in [0.3, 0.4) is 0 Å². The smallest absolute Gasteiger partial charge is 0.319 e. The van der Waals surface area contributed by atoms with Crippen LogP contribution in [0.25, 0.3) is 0 Å². The van der Waals surface area contributed by atoms with Gasteiger partial charge in [-0.1, -0.05) is 145 Å². The molecule has 352 valence electrons. The molecule has 8 N–H and O–H groups in total. The minimum absolute atomic E-state index is 0.207. The van der Waals surface area contributed by atoms with Gasteiger partial charge in [0.2, 0.25) is 0 Å². The molecule has 0 heterocycles. The van der Waals surface area contributed by atoms with E-state index in [1.54, 1.807) is 6.07 Å². The van der Waals surface area contributed by atoms with E-state index in [0.717, 1.165) is 62.5 Å². The van der Waals surface area contributed by atoms with Crippen molar-refractivity contribution in [3.05, 3.63) is 47.5 Å². The summed E-state index contributed by atoms with van der Waals surface area (Å²) >= 11 is 0. The molecule has 0 spiro atoms. The largest absolute Gasteiger partial charge is 0.338 e. The lowest BCUT2D eigenvalue weighted by Gasteiger charge is -2.18. The van der Waals surface area contributed by atoms with E-state index >= 15 is 0 Å². The van der Waals surface area contributed by atoms with Gasteiger partial charge in [0, 0.05) is 48.9 Å². The van der Waals surface area contributed by atoms with Crippen molar-refractivity contribution in [1.29, 1.82) is 0 Å². The Hall–Kier alpha value is -4.48. The maximum Gasteiger partial charge on any atom is 0.319 e. The molecule has 2 rings (SSSR count). The zero-order valence-electron chi connectivity index (χ0n) is 40.5. The summed E-state index contributed by atoms with van der Waals surface area (Å²) in [5.74, 6) is 2.03. The van der Waals surface area contributed by atoms with Crippen LogP contribution in [-0.4, -0.2) is 50.3 Å². The molecule has 0 aromatic heterocycles. The minimum Gasteiger partial charge on any atom is -0.338 e. The van der Waals surface area contributed by atoms with Crippen LogP contribution in [0.2, 0.25) is 0 Å². The lowest BCUT2D eigenvalue weighted by molar-refractivity contribution is 0.248. The number of aryl methyl sites for hydroxylation is 1. The van der Waals surface area contributed by atoms with Gasteiger partial charge in [-0.05, 0) is 98.6 Å². The average Bonchev–Trinajstić information content (AvgIpc) is 3.26. The monoisotopic (exact) mass is 865 g/mol. The Morgan fingerprint density at radius 3 is 1.08 bits per heavy atom. The first-order valence-electron chi connectivity index (χ1n) is 24.3. The second kappa shape index (κ2) is 34.1. The van der Waals surface area contributed by atoms with E-state index in [1.165, 1.54) is 51.4 Å². The Balaban J connectivity index is 0.000000620. The molecule has 0 aliphatic heterocycles. The van der Waals surface area contributed by atoms with Crippen LogP contribution in [0, 0.1) is 37.5 Å². The van der Waals surface area contributed by atoms with Crippen LogP contribution in [0.4, 0.5) is 41.9 Å². The van der Waals surface area contributed by atoms with Gasteiger partial charge < -0.3 is 42.5 Å². The number of unbranched alkanes of at least 4 members (excludes halogenated alkanes) is 4. The van der Waals surface area contributed by atoms with E-state index in [-0.39, 0.29) is 24.1 Å². The molecule has 0 saturated heterocycles. The minimum atomic E-state index is -0.212. The molecule has 0 bridgehead atoms. The van der Waals surface area contributed by atoms with E-state index in [9.17, 15) is 19.2 Å². The Morgan fingerprint density at radius 1 is 0.435 bits per heavy atom. The van der Waals surface area contributed by atoms with Crippen LogP contribution in [0.15, 0.2) is 36.4 Å². The van der Waals surface area contributed by atoms with E-state index < -0.39 is 0 Å². The summed E-state index contributed by atoms with van der Waals surface area (Å²) < 4.78 is 0. The highest BCUT2D eigenvalue weighted by Gasteiger charge is 2.15. The van der Waals surface area contributed by atoms with Crippen LogP contribution < -0.4 is 42.5 Å². The zero-order chi connectivity index (χ0) is 46.1. The maximum absolute atomic E-state index is 12.4. The number of carbonyl (C=O) groups excluding carboxylic acids is 4. The van der Waals surface area contributed by atoms with Crippen molar-refractivity contribution in [1.82, 2.24) is 21.3 Å². The van der Waals surface area contributed by atoms with Gasteiger partial charge in [0.1, 0.15) is 0 Å². The summed E-state index contributed by atoms with van der Waals surface area (Å²) in [6, 6.07) is 10.3. The van der Waals surface area contributed by atoms with E-state index in [0.29, 0.717) is 72.6 Å². The molecule has 2 aromatic carbocycles. The van der Waals surface area contributed by atoms with Crippen LogP contribution >= 0.6 is 0 Å². The Bertz CT molecular complexity index is 1460. The number of amides is 8. The Labute approximate surface area is 376 Å². The standard InChI is InChI=1S/2C25H44N4O2/c1-6-10-13-20(8-3)17-26-24(30)28-22-15-12-16-23(19(22)5)29-25(31)27-18-21(9-4)14-11-7-2;1-6-10-12-20(8-3)17-26-24(30)28-22-15-14-19(5)23(16-22)29-25(31)27-18-21(9-4)13-11-7-2/h12,15-16,20-21H,6-11,13-14,17-18H2,1-5H3,(H2,26,28,30)(H2,27,29,31);14-16,20-21H,6-13,17-18H2,1-5H3,(H2,26,28,30)(H2,27,29,31). The lowest BCUT2D eigenvalue weighted by atomic mass is 9.99. The van der Waals surface area contributed by atoms with Gasteiger partial charge in [-0.3, -0.25) is 0 Å². The van der Waals surface area contributed by atoms with Crippen LogP contribution in [0.1, 0.15) is 169 Å². The third-order valence-electron chi connectivity index (χ3n) is 12.0. The fourth-order valence-corrected chi connectivity index (χ4v) is 7.14. The highest BCUT2D eigenvalue weighted by atomic mass is 16.2. The van der Waals surface area contributed by atoms with E-state index in [2.05, 4.69) is 97.9 Å². The Morgan fingerprint density at radius 2 is 0.758 bits per heavy atom. The quantitative estimate of drug-likeness (QED) is 0.0427. The van der Waals surface area contributed by atoms with Gasteiger partial charge >= 0.3 is 24.1 Å². The van der Waals surface area contributed by atoms with E-state index in [1.807, 2.05) is 44.2 Å². The number of rotatable bonds is 28. The van der Waals surface area contributed by atoms with Gasteiger partial charge in [0.15, 0.2) is 0 Å². The SMILES string of the molecule is CCCCC(CC)CNC(=O)Nc1ccc(C)c(NC(=O)NCC(CC)CCCC)c1.CCCCC(CC)CNC(=O)Nc1cccc(NC(=O)NCC(CC)CCCC)c1C. The molecular weight excluding hydrogens is 777 g/mol. The van der Waals surface area contributed by atoms with Crippen molar-refractivity contribution in [3.8, 4) is 0 Å². The molecule has 12 heteroatoms. The zero-order valence-corrected chi connectivity index (χ0v) is 40.5. The number of nitrogens with one attached hydrogen (secondary N) is 8. The second-order valence-electron chi connectivity index (χ2n) is 17.0. The fourth-order valence-electron chi connectivity index (χ4n) is 7.14. The highest BCUT2D eigenvalue weighted by molar-refractivity contribution is 5.95. The molecule has 4 atom stereocenters. The van der Waals surface area contributed by atoms with Crippen molar-refractivity contribution in [2.24, 2.45) is 23.7 Å².